The average Bonchev–Trinajstić information content (AvgIpc) is 3.09. The molecule has 1 unspecified atom stereocenters. The Morgan fingerprint density at radius 2 is 1.81 bits per heavy atom. The van der Waals surface area contributed by atoms with Crippen molar-refractivity contribution in [3.05, 3.63) is 29.7 Å². The van der Waals surface area contributed by atoms with Crippen molar-refractivity contribution < 1.29 is 14.3 Å². The summed E-state index contributed by atoms with van der Waals surface area (Å²) in [5, 5.41) is 10.4. The third-order valence-electron chi connectivity index (χ3n) is 5.61. The van der Waals surface area contributed by atoms with E-state index in [2.05, 4.69) is 22.8 Å². The van der Waals surface area contributed by atoms with Gasteiger partial charge in [-0.25, -0.2) is 4.98 Å². The van der Waals surface area contributed by atoms with Crippen LogP contribution in [0.3, 0.4) is 0 Å². The van der Waals surface area contributed by atoms with Crippen LogP contribution in [0.4, 0.5) is 0 Å². The standard InChI is InChI=1S/C20H29N3O3/c1-15-3-2-4-18-19(15)26-20(21-18)16-5-7-22(8-6-16)13-17(24)14-23-9-11-25-12-10-23/h2-4,16-17,24H,5-14H2,1H3. The number of morpholine rings is 1. The highest BCUT2D eigenvalue weighted by Crippen LogP contribution is 2.30. The van der Waals surface area contributed by atoms with E-state index in [0.717, 1.165) is 87.9 Å². The van der Waals surface area contributed by atoms with Crippen LogP contribution in [0.1, 0.15) is 30.2 Å². The Morgan fingerprint density at radius 1 is 1.12 bits per heavy atom. The first-order chi connectivity index (χ1) is 12.7. The number of fused-ring (bicyclic) bond motifs is 1. The van der Waals surface area contributed by atoms with Gasteiger partial charge in [0.05, 0.1) is 19.3 Å². The first-order valence-electron chi connectivity index (χ1n) is 9.75. The van der Waals surface area contributed by atoms with Gasteiger partial charge in [0.15, 0.2) is 11.5 Å². The number of ether oxygens (including phenoxy) is 1. The number of benzene rings is 1. The lowest BCUT2D eigenvalue weighted by atomic mass is 9.96. The zero-order chi connectivity index (χ0) is 17.9. The van der Waals surface area contributed by atoms with Crippen molar-refractivity contribution in [1.29, 1.82) is 0 Å². The second-order valence-electron chi connectivity index (χ2n) is 7.62. The maximum absolute atomic E-state index is 10.4. The summed E-state index contributed by atoms with van der Waals surface area (Å²) in [5.41, 5.74) is 3.03. The van der Waals surface area contributed by atoms with E-state index in [1.165, 1.54) is 0 Å². The van der Waals surface area contributed by atoms with E-state index in [-0.39, 0.29) is 6.10 Å². The van der Waals surface area contributed by atoms with Crippen molar-refractivity contribution in [2.75, 3.05) is 52.5 Å². The number of aliphatic hydroxyl groups is 1. The molecular formula is C20H29N3O3. The first-order valence-corrected chi connectivity index (χ1v) is 9.75. The van der Waals surface area contributed by atoms with Crippen molar-refractivity contribution in [1.82, 2.24) is 14.8 Å². The summed E-state index contributed by atoms with van der Waals surface area (Å²) in [7, 11) is 0. The molecule has 0 amide bonds. The van der Waals surface area contributed by atoms with E-state index in [9.17, 15) is 5.11 Å². The molecule has 2 aliphatic heterocycles. The smallest absolute Gasteiger partial charge is 0.198 e. The monoisotopic (exact) mass is 359 g/mol. The average molecular weight is 359 g/mol. The number of piperidine rings is 1. The summed E-state index contributed by atoms with van der Waals surface area (Å²) in [6.45, 7) is 8.95. The molecule has 2 aromatic rings. The molecule has 0 bridgehead atoms. The molecule has 6 heteroatoms. The fourth-order valence-electron chi connectivity index (χ4n) is 4.08. The summed E-state index contributed by atoms with van der Waals surface area (Å²) >= 11 is 0. The maximum atomic E-state index is 10.4. The van der Waals surface area contributed by atoms with Crippen molar-refractivity contribution in [3.63, 3.8) is 0 Å². The van der Waals surface area contributed by atoms with Crippen LogP contribution < -0.4 is 0 Å². The molecule has 1 atom stereocenters. The fraction of sp³-hybridized carbons (Fsp3) is 0.650. The second kappa shape index (κ2) is 8.05. The topological polar surface area (TPSA) is 62.0 Å². The zero-order valence-electron chi connectivity index (χ0n) is 15.6. The van der Waals surface area contributed by atoms with E-state index in [0.29, 0.717) is 5.92 Å². The molecular weight excluding hydrogens is 330 g/mol. The Balaban J connectivity index is 1.28. The van der Waals surface area contributed by atoms with Gasteiger partial charge in [-0.3, -0.25) is 4.90 Å². The Hall–Kier alpha value is -1.47. The van der Waals surface area contributed by atoms with Crippen molar-refractivity contribution >= 4 is 11.1 Å². The van der Waals surface area contributed by atoms with Gasteiger partial charge in [-0.05, 0) is 44.5 Å². The summed E-state index contributed by atoms with van der Waals surface area (Å²) in [4.78, 5) is 9.37. The van der Waals surface area contributed by atoms with E-state index in [1.54, 1.807) is 0 Å². The van der Waals surface area contributed by atoms with E-state index in [4.69, 9.17) is 14.1 Å². The number of hydrogen-bond donors (Lipinski definition) is 1. The van der Waals surface area contributed by atoms with Crippen LogP contribution in [0.5, 0.6) is 0 Å². The lowest BCUT2D eigenvalue weighted by Gasteiger charge is -2.34. The molecule has 2 fully saturated rings. The molecule has 0 radical (unpaired) electrons. The predicted molar refractivity (Wildman–Crippen MR) is 100 cm³/mol. The summed E-state index contributed by atoms with van der Waals surface area (Å²) < 4.78 is 11.4. The number of nitrogens with zero attached hydrogens (tertiary/aromatic N) is 3. The third kappa shape index (κ3) is 4.09. The number of aryl methyl sites for hydroxylation is 1. The van der Waals surface area contributed by atoms with Gasteiger partial charge in [-0.15, -0.1) is 0 Å². The fourth-order valence-corrected chi connectivity index (χ4v) is 4.08. The van der Waals surface area contributed by atoms with Crippen LogP contribution in [-0.4, -0.2) is 78.5 Å². The third-order valence-corrected chi connectivity index (χ3v) is 5.61. The lowest BCUT2D eigenvalue weighted by molar-refractivity contribution is 0.00490. The molecule has 2 aliphatic rings. The van der Waals surface area contributed by atoms with Gasteiger partial charge in [0, 0.05) is 32.1 Å². The van der Waals surface area contributed by atoms with Crippen LogP contribution in [0.15, 0.2) is 22.6 Å². The molecule has 4 rings (SSSR count). The highest BCUT2D eigenvalue weighted by molar-refractivity contribution is 5.76. The number of para-hydroxylation sites is 1. The number of oxazole rings is 1. The molecule has 26 heavy (non-hydrogen) atoms. The number of hydrogen-bond acceptors (Lipinski definition) is 6. The van der Waals surface area contributed by atoms with Gasteiger partial charge in [-0.2, -0.15) is 0 Å². The Bertz CT molecular complexity index is 718. The zero-order valence-corrected chi connectivity index (χ0v) is 15.6. The van der Waals surface area contributed by atoms with Gasteiger partial charge >= 0.3 is 0 Å². The molecule has 0 aliphatic carbocycles. The molecule has 6 nitrogen and oxygen atoms in total. The highest BCUT2D eigenvalue weighted by atomic mass is 16.5. The second-order valence-corrected chi connectivity index (χ2v) is 7.62. The minimum atomic E-state index is -0.295. The molecule has 2 saturated heterocycles. The first kappa shape index (κ1) is 17.9. The number of aliphatic hydroxyl groups excluding tert-OH is 1. The molecule has 0 saturated carbocycles. The highest BCUT2D eigenvalue weighted by Gasteiger charge is 2.26. The Labute approximate surface area is 154 Å². The van der Waals surface area contributed by atoms with Crippen LogP contribution in [0.2, 0.25) is 0 Å². The number of β-amino-alcohol motifs (C(OH)–C–C–N with tert-alkyl or cyclic N) is 1. The normalized spacial score (nSPS) is 22.1. The van der Waals surface area contributed by atoms with Crippen LogP contribution in [0, 0.1) is 6.92 Å². The molecule has 1 N–H and O–H groups in total. The Kier molecular flexibility index (Phi) is 5.55. The largest absolute Gasteiger partial charge is 0.440 e. The minimum absolute atomic E-state index is 0.295. The predicted octanol–water partition coefficient (Wildman–Crippen LogP) is 2.01. The van der Waals surface area contributed by atoms with Crippen molar-refractivity contribution in [2.24, 2.45) is 0 Å². The van der Waals surface area contributed by atoms with E-state index in [1.807, 2.05) is 12.1 Å². The van der Waals surface area contributed by atoms with Crippen molar-refractivity contribution in [2.45, 2.75) is 31.8 Å². The Morgan fingerprint density at radius 3 is 2.50 bits per heavy atom. The SMILES string of the molecule is Cc1cccc2nc(C3CCN(CC(O)CN4CCOCC4)CC3)oc12. The minimum Gasteiger partial charge on any atom is -0.440 e. The van der Waals surface area contributed by atoms with Crippen LogP contribution in [0.25, 0.3) is 11.1 Å². The van der Waals surface area contributed by atoms with Crippen molar-refractivity contribution in [3.8, 4) is 0 Å². The quantitative estimate of drug-likeness (QED) is 0.881. The molecule has 1 aromatic heterocycles. The van der Waals surface area contributed by atoms with Gasteiger partial charge in [0.25, 0.3) is 0 Å². The van der Waals surface area contributed by atoms with Crippen LogP contribution in [-0.2, 0) is 4.74 Å². The van der Waals surface area contributed by atoms with E-state index >= 15 is 0 Å². The number of aromatic nitrogens is 1. The number of rotatable bonds is 5. The molecule has 1 aromatic carbocycles. The summed E-state index contributed by atoms with van der Waals surface area (Å²) in [6.07, 6.45) is 1.78. The van der Waals surface area contributed by atoms with Gasteiger partial charge in [0.2, 0.25) is 0 Å². The van der Waals surface area contributed by atoms with Crippen LogP contribution >= 0.6 is 0 Å². The van der Waals surface area contributed by atoms with Gasteiger partial charge in [0.1, 0.15) is 5.52 Å². The maximum Gasteiger partial charge on any atom is 0.198 e. The molecule has 142 valence electrons. The lowest BCUT2D eigenvalue weighted by Crippen LogP contribution is -2.46. The molecule has 0 spiro atoms. The summed E-state index contributed by atoms with van der Waals surface area (Å²) in [5.74, 6) is 1.26. The van der Waals surface area contributed by atoms with E-state index < -0.39 is 0 Å². The number of likely N-dealkylation sites (tertiary alicyclic amines) is 1. The summed E-state index contributed by atoms with van der Waals surface area (Å²) in [6, 6.07) is 6.12. The van der Waals surface area contributed by atoms with Gasteiger partial charge in [-0.1, -0.05) is 12.1 Å². The molecule has 3 heterocycles. The van der Waals surface area contributed by atoms with Gasteiger partial charge < -0.3 is 19.2 Å².